The molecule has 1 saturated carbocycles. The third-order valence-corrected chi connectivity index (χ3v) is 5.54. The van der Waals surface area contributed by atoms with Gasteiger partial charge in [-0.25, -0.2) is 0 Å². The zero-order valence-electron chi connectivity index (χ0n) is 13.8. The van der Waals surface area contributed by atoms with Crippen molar-refractivity contribution < 1.29 is 14.4 Å². The van der Waals surface area contributed by atoms with Crippen molar-refractivity contribution in [2.45, 2.75) is 57.9 Å². The Balaban J connectivity index is 1.47. The first-order valence-corrected chi connectivity index (χ1v) is 8.86. The van der Waals surface area contributed by atoms with E-state index in [4.69, 9.17) is 0 Å². The van der Waals surface area contributed by atoms with Gasteiger partial charge in [0.15, 0.2) is 0 Å². The molecule has 2 aliphatic carbocycles. The van der Waals surface area contributed by atoms with Crippen LogP contribution in [0.2, 0.25) is 0 Å². The van der Waals surface area contributed by atoms with Gasteiger partial charge in [-0.05, 0) is 44.4 Å². The molecule has 5 nitrogen and oxygen atoms in total. The first-order valence-electron chi connectivity index (χ1n) is 8.86. The first kappa shape index (κ1) is 16.2. The van der Waals surface area contributed by atoms with E-state index < -0.39 is 0 Å². The molecule has 23 heavy (non-hydrogen) atoms. The summed E-state index contributed by atoms with van der Waals surface area (Å²) in [6.45, 7) is 2.47. The van der Waals surface area contributed by atoms with Crippen LogP contribution in [0.5, 0.6) is 0 Å². The standard InChI is InChI=1S/C18H26N2O3/c1-12-6-8-13(9-7-12)19-16(21)10-11-20-17(22)14-4-2-3-5-15(14)18(20)23/h2-3,12-15H,4-11H2,1H3,(H,19,21)/t12?,13?,14-,15+. The van der Waals surface area contributed by atoms with Crippen molar-refractivity contribution in [2.24, 2.45) is 17.8 Å². The van der Waals surface area contributed by atoms with Gasteiger partial charge >= 0.3 is 0 Å². The molecule has 0 radical (unpaired) electrons. The van der Waals surface area contributed by atoms with Crippen molar-refractivity contribution in [2.75, 3.05) is 6.54 Å². The lowest BCUT2D eigenvalue weighted by atomic mass is 9.85. The topological polar surface area (TPSA) is 66.5 Å². The molecular formula is C18H26N2O3. The van der Waals surface area contributed by atoms with Gasteiger partial charge in [-0.2, -0.15) is 0 Å². The number of nitrogens with zero attached hydrogens (tertiary/aromatic N) is 1. The summed E-state index contributed by atoms with van der Waals surface area (Å²) in [7, 11) is 0. The lowest BCUT2D eigenvalue weighted by molar-refractivity contribution is -0.140. The molecule has 0 aromatic rings. The molecule has 1 N–H and O–H groups in total. The van der Waals surface area contributed by atoms with Crippen LogP contribution < -0.4 is 5.32 Å². The van der Waals surface area contributed by atoms with Gasteiger partial charge < -0.3 is 5.32 Å². The van der Waals surface area contributed by atoms with Crippen molar-refractivity contribution in [3.8, 4) is 0 Å². The van der Waals surface area contributed by atoms with Gasteiger partial charge in [-0.3, -0.25) is 19.3 Å². The summed E-state index contributed by atoms with van der Waals surface area (Å²) in [5, 5.41) is 3.06. The predicted molar refractivity (Wildman–Crippen MR) is 86.3 cm³/mol. The number of rotatable bonds is 4. The van der Waals surface area contributed by atoms with E-state index in [1.54, 1.807) is 0 Å². The Hall–Kier alpha value is -1.65. The highest BCUT2D eigenvalue weighted by molar-refractivity contribution is 6.05. The fourth-order valence-electron chi connectivity index (χ4n) is 4.01. The van der Waals surface area contributed by atoms with Gasteiger partial charge in [0.1, 0.15) is 0 Å². The zero-order chi connectivity index (χ0) is 16.4. The molecule has 5 heteroatoms. The number of fused-ring (bicyclic) bond motifs is 1. The van der Waals surface area contributed by atoms with Crippen molar-refractivity contribution >= 4 is 17.7 Å². The largest absolute Gasteiger partial charge is 0.353 e. The SMILES string of the molecule is CC1CCC(NC(=O)CCN2C(=O)[C@H]3CC=CC[C@H]3C2=O)CC1. The van der Waals surface area contributed by atoms with E-state index in [2.05, 4.69) is 12.2 Å². The highest BCUT2D eigenvalue weighted by atomic mass is 16.2. The summed E-state index contributed by atoms with van der Waals surface area (Å²) in [5.74, 6) is 0.121. The maximum absolute atomic E-state index is 12.3. The number of likely N-dealkylation sites (tertiary alicyclic amines) is 1. The lowest BCUT2D eigenvalue weighted by Gasteiger charge is -2.27. The van der Waals surface area contributed by atoms with Crippen LogP contribution in [0.1, 0.15) is 51.9 Å². The maximum atomic E-state index is 12.3. The van der Waals surface area contributed by atoms with Gasteiger partial charge in [0.25, 0.3) is 0 Å². The van der Waals surface area contributed by atoms with Crippen LogP contribution in [0.25, 0.3) is 0 Å². The summed E-state index contributed by atoms with van der Waals surface area (Å²) >= 11 is 0. The average molecular weight is 318 g/mol. The van der Waals surface area contributed by atoms with Crippen LogP contribution in [0.4, 0.5) is 0 Å². The molecule has 3 rings (SSSR count). The molecule has 1 heterocycles. The Morgan fingerprint density at radius 3 is 2.22 bits per heavy atom. The second-order valence-electron chi connectivity index (χ2n) is 7.26. The molecule has 0 bridgehead atoms. The highest BCUT2D eigenvalue weighted by Crippen LogP contribution is 2.35. The molecule has 3 aliphatic rings. The van der Waals surface area contributed by atoms with Gasteiger partial charge in [0.05, 0.1) is 11.8 Å². The molecule has 2 fully saturated rings. The van der Waals surface area contributed by atoms with Crippen LogP contribution in [-0.2, 0) is 14.4 Å². The summed E-state index contributed by atoms with van der Waals surface area (Å²) in [6, 6.07) is 0.260. The van der Waals surface area contributed by atoms with Crippen LogP contribution in [0.15, 0.2) is 12.2 Å². The Bertz CT molecular complexity index is 494. The van der Waals surface area contributed by atoms with Gasteiger partial charge in [0, 0.05) is 19.0 Å². The molecule has 0 aromatic carbocycles. The zero-order valence-corrected chi connectivity index (χ0v) is 13.8. The predicted octanol–water partition coefficient (Wildman–Crippen LogP) is 2.02. The number of carbonyl (C=O) groups excluding carboxylic acids is 3. The second-order valence-corrected chi connectivity index (χ2v) is 7.26. The van der Waals surface area contributed by atoms with Crippen molar-refractivity contribution in [3.63, 3.8) is 0 Å². The van der Waals surface area contributed by atoms with Crippen molar-refractivity contribution in [1.82, 2.24) is 10.2 Å². The minimum atomic E-state index is -0.199. The number of nitrogens with one attached hydrogen (secondary N) is 1. The second kappa shape index (κ2) is 6.85. The molecular weight excluding hydrogens is 292 g/mol. The molecule has 1 aliphatic heterocycles. The van der Waals surface area contributed by atoms with Crippen molar-refractivity contribution in [1.29, 1.82) is 0 Å². The third kappa shape index (κ3) is 3.48. The average Bonchev–Trinajstić information content (AvgIpc) is 2.80. The molecule has 1 saturated heterocycles. The number of imide groups is 1. The number of amides is 3. The Kier molecular flexibility index (Phi) is 4.83. The highest BCUT2D eigenvalue weighted by Gasteiger charge is 2.46. The number of hydrogen-bond acceptors (Lipinski definition) is 3. The fourth-order valence-corrected chi connectivity index (χ4v) is 4.01. The summed E-state index contributed by atoms with van der Waals surface area (Å²) in [6.07, 6.45) is 9.86. The first-order chi connectivity index (χ1) is 11.1. The molecule has 3 amide bonds. The van der Waals surface area contributed by atoms with Gasteiger partial charge in [-0.1, -0.05) is 19.1 Å². The van der Waals surface area contributed by atoms with E-state index in [9.17, 15) is 14.4 Å². The monoisotopic (exact) mass is 318 g/mol. The molecule has 126 valence electrons. The molecule has 0 unspecified atom stereocenters. The van der Waals surface area contributed by atoms with Crippen LogP contribution in [0, 0.1) is 17.8 Å². The van der Waals surface area contributed by atoms with Crippen LogP contribution >= 0.6 is 0 Å². The van der Waals surface area contributed by atoms with E-state index in [0.717, 1.165) is 31.6 Å². The smallest absolute Gasteiger partial charge is 0.233 e. The van der Waals surface area contributed by atoms with Crippen LogP contribution in [-0.4, -0.2) is 35.2 Å². The quantitative estimate of drug-likeness (QED) is 0.637. The normalized spacial score (nSPS) is 33.7. The van der Waals surface area contributed by atoms with E-state index in [-0.39, 0.29) is 48.6 Å². The van der Waals surface area contributed by atoms with Crippen LogP contribution in [0.3, 0.4) is 0 Å². The van der Waals surface area contributed by atoms with E-state index in [0.29, 0.717) is 12.8 Å². The third-order valence-electron chi connectivity index (χ3n) is 5.54. The van der Waals surface area contributed by atoms with Crippen molar-refractivity contribution in [3.05, 3.63) is 12.2 Å². The van der Waals surface area contributed by atoms with Gasteiger partial charge in [-0.15, -0.1) is 0 Å². The fraction of sp³-hybridized carbons (Fsp3) is 0.722. The maximum Gasteiger partial charge on any atom is 0.233 e. The summed E-state index contributed by atoms with van der Waals surface area (Å²) in [4.78, 5) is 38.1. The number of allylic oxidation sites excluding steroid dienone is 2. The summed E-state index contributed by atoms with van der Waals surface area (Å²) < 4.78 is 0. The minimum Gasteiger partial charge on any atom is -0.353 e. The molecule has 2 atom stereocenters. The Labute approximate surface area is 137 Å². The lowest BCUT2D eigenvalue weighted by Crippen LogP contribution is -2.40. The van der Waals surface area contributed by atoms with E-state index in [1.165, 1.54) is 4.90 Å². The number of carbonyl (C=O) groups is 3. The van der Waals surface area contributed by atoms with E-state index >= 15 is 0 Å². The minimum absolute atomic E-state index is 0.0434. The summed E-state index contributed by atoms with van der Waals surface area (Å²) in [5.41, 5.74) is 0. The Morgan fingerprint density at radius 2 is 1.65 bits per heavy atom. The van der Waals surface area contributed by atoms with Gasteiger partial charge in [0.2, 0.25) is 17.7 Å². The molecule has 0 spiro atoms. The number of hydrogen-bond donors (Lipinski definition) is 1. The van der Waals surface area contributed by atoms with E-state index in [1.807, 2.05) is 12.2 Å². The molecule has 0 aromatic heterocycles. The Morgan fingerprint density at radius 1 is 1.09 bits per heavy atom.